The molecule has 4 nitrogen and oxygen atoms in total. The van der Waals surface area contributed by atoms with Gasteiger partial charge in [-0.25, -0.2) is 9.97 Å². The average Bonchev–Trinajstić information content (AvgIpc) is 2.48. The molecule has 0 amide bonds. The second-order valence-corrected chi connectivity index (χ2v) is 4.74. The molecule has 1 aliphatic rings. The minimum absolute atomic E-state index is 0.512. The smallest absolute Gasteiger partial charge is 0.130 e. The van der Waals surface area contributed by atoms with Gasteiger partial charge in [0.15, 0.2) is 0 Å². The summed E-state index contributed by atoms with van der Waals surface area (Å²) in [6.07, 6.45) is 6.26. The Bertz CT molecular complexity index is 557. The first-order valence-electron chi connectivity index (χ1n) is 6.56. The second-order valence-electron chi connectivity index (χ2n) is 4.74. The van der Waals surface area contributed by atoms with Crippen LogP contribution in [0.5, 0.6) is 5.75 Å². The molecule has 1 aromatic carbocycles. The Labute approximate surface area is 112 Å². The van der Waals surface area contributed by atoms with Crippen LogP contribution in [-0.2, 0) is 0 Å². The van der Waals surface area contributed by atoms with Gasteiger partial charge in [-0.05, 0) is 19.0 Å². The first kappa shape index (κ1) is 12.1. The van der Waals surface area contributed by atoms with Crippen molar-refractivity contribution in [3.8, 4) is 16.9 Å². The van der Waals surface area contributed by atoms with Gasteiger partial charge < -0.3 is 10.1 Å². The highest BCUT2D eigenvalue weighted by atomic mass is 16.5. The fraction of sp³-hybridized carbons (Fsp3) is 0.333. The van der Waals surface area contributed by atoms with E-state index in [1.807, 2.05) is 19.4 Å². The fourth-order valence-corrected chi connectivity index (χ4v) is 2.62. The standard InChI is InChI=1S/C15H17N3O/c1-16-7-11-5-6-19-15-13(11)3-2-4-14(15)12-8-17-10-18-9-12/h2-4,8-11,16H,5-7H2,1H3/t11-/m0/s1. The summed E-state index contributed by atoms with van der Waals surface area (Å²) >= 11 is 0. The molecule has 0 saturated carbocycles. The maximum atomic E-state index is 5.90. The monoisotopic (exact) mass is 255 g/mol. The van der Waals surface area contributed by atoms with E-state index in [1.165, 1.54) is 5.56 Å². The van der Waals surface area contributed by atoms with Crippen molar-refractivity contribution in [2.45, 2.75) is 12.3 Å². The van der Waals surface area contributed by atoms with Gasteiger partial charge in [0.1, 0.15) is 12.1 Å². The van der Waals surface area contributed by atoms with E-state index in [-0.39, 0.29) is 0 Å². The van der Waals surface area contributed by atoms with Crippen LogP contribution < -0.4 is 10.1 Å². The number of likely N-dealkylation sites (N-methyl/N-ethyl adjacent to an activating group) is 1. The van der Waals surface area contributed by atoms with Gasteiger partial charge in [-0.1, -0.05) is 18.2 Å². The van der Waals surface area contributed by atoms with Crippen molar-refractivity contribution in [1.29, 1.82) is 0 Å². The number of nitrogens with zero attached hydrogens (tertiary/aromatic N) is 2. The van der Waals surface area contributed by atoms with Crippen molar-refractivity contribution < 1.29 is 4.74 Å². The molecule has 19 heavy (non-hydrogen) atoms. The molecule has 1 aromatic heterocycles. The number of hydrogen-bond acceptors (Lipinski definition) is 4. The largest absolute Gasteiger partial charge is 0.493 e. The molecule has 0 fully saturated rings. The highest BCUT2D eigenvalue weighted by Gasteiger charge is 2.23. The van der Waals surface area contributed by atoms with Crippen LogP contribution in [0.3, 0.4) is 0 Å². The Hall–Kier alpha value is -1.94. The summed E-state index contributed by atoms with van der Waals surface area (Å²) in [5.74, 6) is 1.50. The molecule has 1 N–H and O–H groups in total. The minimum atomic E-state index is 0.512. The van der Waals surface area contributed by atoms with Crippen molar-refractivity contribution in [2.24, 2.45) is 0 Å². The first-order valence-corrected chi connectivity index (χ1v) is 6.56. The number of hydrogen-bond donors (Lipinski definition) is 1. The zero-order valence-corrected chi connectivity index (χ0v) is 11.0. The Morgan fingerprint density at radius 3 is 2.95 bits per heavy atom. The van der Waals surface area contributed by atoms with E-state index in [0.29, 0.717) is 5.92 Å². The zero-order chi connectivity index (χ0) is 13.1. The third-order valence-corrected chi connectivity index (χ3v) is 3.52. The van der Waals surface area contributed by atoms with Crippen LogP contribution in [0.1, 0.15) is 17.9 Å². The van der Waals surface area contributed by atoms with Crippen molar-refractivity contribution in [2.75, 3.05) is 20.2 Å². The van der Waals surface area contributed by atoms with Crippen LogP contribution in [0.4, 0.5) is 0 Å². The number of fused-ring (bicyclic) bond motifs is 1. The Morgan fingerprint density at radius 2 is 2.16 bits per heavy atom. The van der Waals surface area contributed by atoms with Crippen molar-refractivity contribution in [1.82, 2.24) is 15.3 Å². The molecule has 0 radical (unpaired) electrons. The lowest BCUT2D eigenvalue weighted by Crippen LogP contribution is -2.23. The second kappa shape index (κ2) is 5.36. The topological polar surface area (TPSA) is 47.0 Å². The molecule has 3 rings (SSSR count). The van der Waals surface area contributed by atoms with Crippen LogP contribution in [0.2, 0.25) is 0 Å². The summed E-state index contributed by atoms with van der Waals surface area (Å²) in [6.45, 7) is 1.75. The van der Waals surface area contributed by atoms with E-state index in [9.17, 15) is 0 Å². The van der Waals surface area contributed by atoms with Gasteiger partial charge in [0.25, 0.3) is 0 Å². The highest BCUT2D eigenvalue weighted by molar-refractivity contribution is 5.71. The molecule has 2 aromatic rings. The minimum Gasteiger partial charge on any atom is -0.493 e. The quantitative estimate of drug-likeness (QED) is 0.913. The van der Waals surface area contributed by atoms with E-state index >= 15 is 0 Å². The van der Waals surface area contributed by atoms with Gasteiger partial charge in [-0.3, -0.25) is 0 Å². The Kier molecular flexibility index (Phi) is 3.42. The van der Waals surface area contributed by atoms with Crippen LogP contribution in [-0.4, -0.2) is 30.2 Å². The number of aromatic nitrogens is 2. The predicted molar refractivity (Wildman–Crippen MR) is 74.2 cm³/mol. The summed E-state index contributed by atoms with van der Waals surface area (Å²) in [4.78, 5) is 8.17. The molecule has 0 bridgehead atoms. The molecular weight excluding hydrogens is 238 g/mol. The summed E-state index contributed by atoms with van der Waals surface area (Å²) in [5.41, 5.74) is 3.37. The van der Waals surface area contributed by atoms with Crippen LogP contribution >= 0.6 is 0 Å². The SMILES string of the molecule is CNC[C@@H]1CCOc2c(-c3cncnc3)cccc21. The third-order valence-electron chi connectivity index (χ3n) is 3.52. The van der Waals surface area contributed by atoms with Gasteiger partial charge in [0.05, 0.1) is 6.61 Å². The highest BCUT2D eigenvalue weighted by Crippen LogP contribution is 2.40. The van der Waals surface area contributed by atoms with E-state index in [4.69, 9.17) is 4.74 Å². The molecule has 1 aliphatic heterocycles. The maximum absolute atomic E-state index is 5.90. The summed E-state index contributed by atoms with van der Waals surface area (Å²) in [7, 11) is 1.99. The number of nitrogens with one attached hydrogen (secondary N) is 1. The third kappa shape index (κ3) is 2.31. The fourth-order valence-electron chi connectivity index (χ4n) is 2.62. The van der Waals surface area contributed by atoms with E-state index in [0.717, 1.165) is 36.4 Å². The Morgan fingerprint density at radius 1 is 1.32 bits per heavy atom. The van der Waals surface area contributed by atoms with Crippen LogP contribution in [0, 0.1) is 0 Å². The normalized spacial score (nSPS) is 17.6. The molecule has 4 heteroatoms. The van der Waals surface area contributed by atoms with E-state index in [1.54, 1.807) is 6.33 Å². The summed E-state index contributed by atoms with van der Waals surface area (Å²) in [6, 6.07) is 6.31. The van der Waals surface area contributed by atoms with Crippen molar-refractivity contribution in [3.63, 3.8) is 0 Å². The average molecular weight is 255 g/mol. The Balaban J connectivity index is 2.06. The van der Waals surface area contributed by atoms with Crippen molar-refractivity contribution in [3.05, 3.63) is 42.5 Å². The lowest BCUT2D eigenvalue weighted by atomic mass is 9.90. The van der Waals surface area contributed by atoms with Crippen LogP contribution in [0.25, 0.3) is 11.1 Å². The molecule has 0 saturated heterocycles. The first-order chi connectivity index (χ1) is 9.40. The number of para-hydroxylation sites is 1. The lowest BCUT2D eigenvalue weighted by Gasteiger charge is -2.27. The maximum Gasteiger partial charge on any atom is 0.130 e. The van der Waals surface area contributed by atoms with Gasteiger partial charge in [-0.15, -0.1) is 0 Å². The summed E-state index contributed by atoms with van der Waals surface area (Å²) in [5, 5.41) is 3.26. The van der Waals surface area contributed by atoms with Gasteiger partial charge in [0, 0.05) is 36.0 Å². The van der Waals surface area contributed by atoms with Gasteiger partial charge >= 0.3 is 0 Å². The van der Waals surface area contributed by atoms with Gasteiger partial charge in [-0.2, -0.15) is 0 Å². The molecule has 0 spiro atoms. The zero-order valence-electron chi connectivity index (χ0n) is 11.0. The summed E-state index contributed by atoms with van der Waals surface area (Å²) < 4.78 is 5.90. The molecule has 2 heterocycles. The van der Waals surface area contributed by atoms with Gasteiger partial charge in [0.2, 0.25) is 0 Å². The molecule has 98 valence electrons. The number of ether oxygens (including phenoxy) is 1. The number of rotatable bonds is 3. The molecule has 0 unspecified atom stereocenters. The van der Waals surface area contributed by atoms with Crippen LogP contribution in [0.15, 0.2) is 36.9 Å². The lowest BCUT2D eigenvalue weighted by molar-refractivity contribution is 0.267. The number of benzene rings is 1. The molecule has 1 atom stereocenters. The molecular formula is C15H17N3O. The predicted octanol–water partition coefficient (Wildman–Crippen LogP) is 2.23. The van der Waals surface area contributed by atoms with Crippen molar-refractivity contribution >= 4 is 0 Å². The van der Waals surface area contributed by atoms with E-state index < -0.39 is 0 Å². The molecule has 0 aliphatic carbocycles. The van der Waals surface area contributed by atoms with E-state index in [2.05, 4.69) is 33.5 Å².